The van der Waals surface area contributed by atoms with Gasteiger partial charge in [-0.25, -0.2) is 0 Å². The topological polar surface area (TPSA) is 58.4 Å². The second-order valence-electron chi connectivity index (χ2n) is 5.12. The number of carbonyl (C=O) groups excluding carboxylic acids is 1. The average molecular weight is 225 g/mol. The Hall–Kier alpha value is -0.610. The third-order valence-corrected chi connectivity index (χ3v) is 3.83. The van der Waals surface area contributed by atoms with Crippen LogP contribution in [0.3, 0.4) is 0 Å². The summed E-state index contributed by atoms with van der Waals surface area (Å²) in [6.45, 7) is 4.34. The third-order valence-electron chi connectivity index (χ3n) is 3.83. The van der Waals surface area contributed by atoms with Crippen LogP contribution in [0, 0.1) is 5.92 Å². The molecule has 2 heterocycles. The molecule has 0 aliphatic carbocycles. The van der Waals surface area contributed by atoms with Crippen molar-refractivity contribution < 1.29 is 4.79 Å². The SMILES string of the molecule is NC(=O)C1CCCCN1CC1CCCNC1. The lowest BCUT2D eigenvalue weighted by molar-refractivity contribution is -0.124. The smallest absolute Gasteiger partial charge is 0.234 e. The summed E-state index contributed by atoms with van der Waals surface area (Å²) in [6, 6.07) is -0.00400. The Labute approximate surface area is 97.6 Å². The van der Waals surface area contributed by atoms with Crippen LogP contribution >= 0.6 is 0 Å². The van der Waals surface area contributed by atoms with Crippen molar-refractivity contribution in [3.63, 3.8) is 0 Å². The van der Waals surface area contributed by atoms with Crippen LogP contribution in [0.1, 0.15) is 32.1 Å². The van der Waals surface area contributed by atoms with Crippen molar-refractivity contribution in [2.75, 3.05) is 26.2 Å². The number of nitrogens with one attached hydrogen (secondary N) is 1. The molecular formula is C12H23N3O. The van der Waals surface area contributed by atoms with E-state index in [9.17, 15) is 4.79 Å². The number of likely N-dealkylation sites (tertiary alicyclic amines) is 1. The second kappa shape index (κ2) is 5.64. The van der Waals surface area contributed by atoms with E-state index in [1.807, 2.05) is 0 Å². The summed E-state index contributed by atoms with van der Waals surface area (Å²) in [5.41, 5.74) is 5.47. The minimum Gasteiger partial charge on any atom is -0.368 e. The Morgan fingerprint density at radius 1 is 1.31 bits per heavy atom. The van der Waals surface area contributed by atoms with Gasteiger partial charge in [0.25, 0.3) is 0 Å². The highest BCUT2D eigenvalue weighted by molar-refractivity contribution is 5.79. The van der Waals surface area contributed by atoms with E-state index < -0.39 is 0 Å². The lowest BCUT2D eigenvalue weighted by atomic mass is 9.95. The quantitative estimate of drug-likeness (QED) is 0.727. The Morgan fingerprint density at radius 3 is 2.88 bits per heavy atom. The van der Waals surface area contributed by atoms with Crippen LogP contribution in [0.2, 0.25) is 0 Å². The highest BCUT2D eigenvalue weighted by Gasteiger charge is 2.28. The van der Waals surface area contributed by atoms with Crippen LogP contribution in [0.25, 0.3) is 0 Å². The Kier molecular flexibility index (Phi) is 4.18. The first-order valence-corrected chi connectivity index (χ1v) is 6.51. The molecule has 0 spiro atoms. The van der Waals surface area contributed by atoms with Gasteiger partial charge in [-0.1, -0.05) is 6.42 Å². The molecule has 0 aromatic heterocycles. The van der Waals surface area contributed by atoms with Crippen LogP contribution in [-0.4, -0.2) is 43.0 Å². The number of amides is 1. The van der Waals surface area contributed by atoms with Crippen molar-refractivity contribution >= 4 is 5.91 Å². The number of carbonyl (C=O) groups is 1. The van der Waals surface area contributed by atoms with Crippen LogP contribution in [0.5, 0.6) is 0 Å². The molecule has 2 aliphatic rings. The maximum Gasteiger partial charge on any atom is 0.234 e. The monoisotopic (exact) mass is 225 g/mol. The summed E-state index contributed by atoms with van der Waals surface area (Å²) in [4.78, 5) is 13.7. The molecule has 16 heavy (non-hydrogen) atoms. The summed E-state index contributed by atoms with van der Waals surface area (Å²) in [6.07, 6.45) is 5.86. The maximum atomic E-state index is 11.4. The standard InChI is InChI=1S/C12H23N3O/c13-12(16)11-5-1-2-7-15(11)9-10-4-3-6-14-8-10/h10-11,14H,1-9H2,(H2,13,16). The Bertz CT molecular complexity index is 238. The lowest BCUT2D eigenvalue weighted by Gasteiger charge is -2.37. The van der Waals surface area contributed by atoms with E-state index in [1.165, 1.54) is 19.3 Å². The summed E-state index contributed by atoms with van der Waals surface area (Å²) in [5.74, 6) is 0.567. The second-order valence-corrected chi connectivity index (χ2v) is 5.12. The number of primary amides is 1. The van der Waals surface area contributed by atoms with Gasteiger partial charge < -0.3 is 11.1 Å². The molecule has 3 N–H and O–H groups in total. The summed E-state index contributed by atoms with van der Waals surface area (Å²) < 4.78 is 0. The molecule has 0 saturated carbocycles. The minimum absolute atomic E-state index is 0.00400. The van der Waals surface area contributed by atoms with Gasteiger partial charge in [0.1, 0.15) is 0 Å². The van der Waals surface area contributed by atoms with Gasteiger partial charge >= 0.3 is 0 Å². The molecule has 0 radical (unpaired) electrons. The van der Waals surface area contributed by atoms with Gasteiger partial charge in [0.05, 0.1) is 6.04 Å². The van der Waals surface area contributed by atoms with E-state index in [0.717, 1.165) is 39.0 Å². The van der Waals surface area contributed by atoms with E-state index >= 15 is 0 Å². The zero-order valence-electron chi connectivity index (χ0n) is 9.95. The molecule has 2 saturated heterocycles. The average Bonchev–Trinajstić information content (AvgIpc) is 2.31. The highest BCUT2D eigenvalue weighted by Crippen LogP contribution is 2.20. The van der Waals surface area contributed by atoms with Gasteiger partial charge in [-0.05, 0) is 51.2 Å². The number of nitrogens with two attached hydrogens (primary N) is 1. The van der Waals surface area contributed by atoms with E-state index in [2.05, 4.69) is 10.2 Å². The normalized spacial score (nSPS) is 32.5. The Morgan fingerprint density at radius 2 is 2.19 bits per heavy atom. The summed E-state index contributed by atoms with van der Waals surface area (Å²) in [7, 11) is 0. The fourth-order valence-corrected chi connectivity index (χ4v) is 2.94. The zero-order chi connectivity index (χ0) is 11.4. The molecule has 92 valence electrons. The minimum atomic E-state index is -0.136. The molecule has 0 bridgehead atoms. The maximum absolute atomic E-state index is 11.4. The van der Waals surface area contributed by atoms with Crippen LogP contribution in [0.15, 0.2) is 0 Å². The number of hydrogen-bond donors (Lipinski definition) is 2. The number of piperidine rings is 2. The number of nitrogens with zero attached hydrogens (tertiary/aromatic N) is 1. The molecule has 4 nitrogen and oxygen atoms in total. The first kappa shape index (κ1) is 11.9. The fraction of sp³-hybridized carbons (Fsp3) is 0.917. The predicted octanol–water partition coefficient (Wildman–Crippen LogP) is 0.326. The van der Waals surface area contributed by atoms with Gasteiger partial charge in [-0.3, -0.25) is 9.69 Å². The molecule has 2 fully saturated rings. The fourth-order valence-electron chi connectivity index (χ4n) is 2.94. The largest absolute Gasteiger partial charge is 0.368 e. The van der Waals surface area contributed by atoms with Crippen molar-refractivity contribution in [1.82, 2.24) is 10.2 Å². The van der Waals surface area contributed by atoms with Gasteiger partial charge in [-0.2, -0.15) is 0 Å². The molecule has 2 unspecified atom stereocenters. The van der Waals surface area contributed by atoms with Crippen molar-refractivity contribution in [2.45, 2.75) is 38.1 Å². The van der Waals surface area contributed by atoms with Crippen molar-refractivity contribution in [1.29, 1.82) is 0 Å². The number of rotatable bonds is 3. The van der Waals surface area contributed by atoms with E-state index in [0.29, 0.717) is 5.92 Å². The van der Waals surface area contributed by atoms with Gasteiger partial charge in [0.15, 0.2) is 0 Å². The van der Waals surface area contributed by atoms with Gasteiger partial charge in [0.2, 0.25) is 5.91 Å². The lowest BCUT2D eigenvalue weighted by Crippen LogP contribution is -2.50. The molecule has 2 atom stereocenters. The predicted molar refractivity (Wildman–Crippen MR) is 64.0 cm³/mol. The summed E-state index contributed by atoms with van der Waals surface area (Å²) in [5, 5.41) is 3.43. The molecule has 2 rings (SSSR count). The van der Waals surface area contributed by atoms with E-state index in [1.54, 1.807) is 0 Å². The highest BCUT2D eigenvalue weighted by atomic mass is 16.1. The van der Waals surface area contributed by atoms with Crippen molar-refractivity contribution in [3.8, 4) is 0 Å². The van der Waals surface area contributed by atoms with Crippen LogP contribution < -0.4 is 11.1 Å². The number of hydrogen-bond acceptors (Lipinski definition) is 3. The van der Waals surface area contributed by atoms with E-state index in [4.69, 9.17) is 5.73 Å². The first-order valence-electron chi connectivity index (χ1n) is 6.51. The third kappa shape index (κ3) is 2.95. The van der Waals surface area contributed by atoms with Gasteiger partial charge in [-0.15, -0.1) is 0 Å². The molecule has 0 aromatic carbocycles. The molecule has 4 heteroatoms. The first-order chi connectivity index (χ1) is 7.77. The zero-order valence-corrected chi connectivity index (χ0v) is 9.95. The van der Waals surface area contributed by atoms with Gasteiger partial charge in [0, 0.05) is 6.54 Å². The van der Waals surface area contributed by atoms with Crippen molar-refractivity contribution in [2.24, 2.45) is 11.7 Å². The van der Waals surface area contributed by atoms with E-state index in [-0.39, 0.29) is 11.9 Å². The Balaban J connectivity index is 1.87. The van der Waals surface area contributed by atoms with Crippen LogP contribution in [0.4, 0.5) is 0 Å². The summed E-state index contributed by atoms with van der Waals surface area (Å²) >= 11 is 0. The molecular weight excluding hydrogens is 202 g/mol. The van der Waals surface area contributed by atoms with Crippen LogP contribution in [-0.2, 0) is 4.79 Å². The van der Waals surface area contributed by atoms with Crippen molar-refractivity contribution in [3.05, 3.63) is 0 Å². The molecule has 2 aliphatic heterocycles. The molecule has 1 amide bonds. The molecule has 0 aromatic rings.